The van der Waals surface area contributed by atoms with Gasteiger partial charge >= 0.3 is 5.97 Å². The van der Waals surface area contributed by atoms with Gasteiger partial charge in [-0.3, -0.25) is 4.79 Å². The van der Waals surface area contributed by atoms with Crippen LogP contribution in [0, 0.1) is 0 Å². The van der Waals surface area contributed by atoms with Crippen molar-refractivity contribution in [2.45, 2.75) is 13.0 Å². The Morgan fingerprint density at radius 2 is 1.69 bits per heavy atom. The van der Waals surface area contributed by atoms with E-state index in [-0.39, 0.29) is 5.56 Å². The standard InChI is InChI=1S/C10H13N3O3/c1-5(9(13)14)16-10(15)6-2-7(11)4-8(12)3-6/h2-5H,11-12H2,1H3,(H2,13,14). The van der Waals surface area contributed by atoms with Crippen molar-refractivity contribution in [3.05, 3.63) is 23.8 Å². The molecule has 1 atom stereocenters. The first-order valence-corrected chi connectivity index (χ1v) is 4.56. The zero-order valence-corrected chi connectivity index (χ0v) is 8.77. The van der Waals surface area contributed by atoms with E-state index in [4.69, 9.17) is 21.9 Å². The maximum Gasteiger partial charge on any atom is 0.339 e. The Bertz CT molecular complexity index is 411. The molecule has 0 radical (unpaired) electrons. The molecule has 0 saturated carbocycles. The van der Waals surface area contributed by atoms with Crippen LogP contribution in [0.2, 0.25) is 0 Å². The Kier molecular flexibility index (Phi) is 3.34. The number of carbonyl (C=O) groups is 2. The fourth-order valence-electron chi connectivity index (χ4n) is 1.08. The summed E-state index contributed by atoms with van der Waals surface area (Å²) in [5.41, 5.74) is 16.9. The van der Waals surface area contributed by atoms with Crippen LogP contribution in [-0.4, -0.2) is 18.0 Å². The van der Waals surface area contributed by atoms with Crippen molar-refractivity contribution >= 4 is 23.3 Å². The predicted octanol–water partition coefficient (Wildman–Crippen LogP) is -0.118. The fraction of sp³-hybridized carbons (Fsp3) is 0.200. The van der Waals surface area contributed by atoms with Gasteiger partial charge in [0.05, 0.1) is 5.56 Å². The SMILES string of the molecule is CC(OC(=O)c1cc(N)cc(N)c1)C(N)=O. The molecule has 0 aliphatic heterocycles. The van der Waals surface area contributed by atoms with Crippen molar-refractivity contribution < 1.29 is 14.3 Å². The van der Waals surface area contributed by atoms with Gasteiger partial charge in [-0.15, -0.1) is 0 Å². The van der Waals surface area contributed by atoms with Gasteiger partial charge in [0.15, 0.2) is 6.10 Å². The molecular formula is C10H13N3O3. The fourth-order valence-corrected chi connectivity index (χ4v) is 1.08. The van der Waals surface area contributed by atoms with Gasteiger partial charge in [0.1, 0.15) is 0 Å². The molecule has 1 aromatic carbocycles. The third kappa shape index (κ3) is 2.88. The Morgan fingerprint density at radius 3 is 2.12 bits per heavy atom. The molecule has 0 spiro atoms. The predicted molar refractivity (Wildman–Crippen MR) is 59.3 cm³/mol. The highest BCUT2D eigenvalue weighted by Crippen LogP contribution is 2.15. The third-order valence-electron chi connectivity index (χ3n) is 1.90. The Morgan fingerprint density at radius 1 is 1.19 bits per heavy atom. The van der Waals surface area contributed by atoms with Gasteiger partial charge < -0.3 is 21.9 Å². The van der Waals surface area contributed by atoms with Gasteiger partial charge in [-0.1, -0.05) is 0 Å². The van der Waals surface area contributed by atoms with Crippen molar-refractivity contribution in [1.82, 2.24) is 0 Å². The second-order valence-electron chi connectivity index (χ2n) is 3.34. The summed E-state index contributed by atoms with van der Waals surface area (Å²) in [5.74, 6) is -1.41. The normalized spacial score (nSPS) is 11.8. The number of hydrogen-bond acceptors (Lipinski definition) is 5. The molecule has 1 unspecified atom stereocenters. The van der Waals surface area contributed by atoms with Crippen molar-refractivity contribution in [2.75, 3.05) is 11.5 Å². The minimum atomic E-state index is -0.991. The zero-order chi connectivity index (χ0) is 12.3. The van der Waals surface area contributed by atoms with E-state index in [1.165, 1.54) is 25.1 Å². The van der Waals surface area contributed by atoms with Gasteiger partial charge in [0.2, 0.25) is 0 Å². The van der Waals surface area contributed by atoms with Gasteiger partial charge in [0, 0.05) is 11.4 Å². The molecule has 0 aliphatic rings. The van der Waals surface area contributed by atoms with E-state index in [2.05, 4.69) is 0 Å². The average Bonchev–Trinajstić information content (AvgIpc) is 2.15. The van der Waals surface area contributed by atoms with Crippen LogP contribution in [0.15, 0.2) is 18.2 Å². The highest BCUT2D eigenvalue weighted by molar-refractivity contribution is 5.93. The van der Waals surface area contributed by atoms with E-state index in [1.54, 1.807) is 0 Å². The van der Waals surface area contributed by atoms with Crippen LogP contribution >= 0.6 is 0 Å². The molecule has 0 bridgehead atoms. The van der Waals surface area contributed by atoms with Gasteiger partial charge in [-0.2, -0.15) is 0 Å². The van der Waals surface area contributed by atoms with E-state index in [0.29, 0.717) is 11.4 Å². The van der Waals surface area contributed by atoms with Gasteiger partial charge in [0.25, 0.3) is 5.91 Å². The number of hydrogen-bond donors (Lipinski definition) is 3. The molecule has 1 amide bonds. The molecular weight excluding hydrogens is 210 g/mol. The van der Waals surface area contributed by atoms with Crippen LogP contribution in [0.3, 0.4) is 0 Å². The Hall–Kier alpha value is -2.24. The van der Waals surface area contributed by atoms with E-state index in [9.17, 15) is 9.59 Å². The van der Waals surface area contributed by atoms with Crippen molar-refractivity contribution in [3.8, 4) is 0 Å². The summed E-state index contributed by atoms with van der Waals surface area (Å²) in [7, 11) is 0. The van der Waals surface area contributed by atoms with Crippen LogP contribution in [0.25, 0.3) is 0 Å². The highest BCUT2D eigenvalue weighted by atomic mass is 16.5. The lowest BCUT2D eigenvalue weighted by Crippen LogP contribution is -2.30. The number of nitrogens with two attached hydrogens (primary N) is 3. The summed E-state index contributed by atoms with van der Waals surface area (Å²) >= 11 is 0. The first kappa shape index (κ1) is 11.8. The van der Waals surface area contributed by atoms with Crippen LogP contribution in [-0.2, 0) is 9.53 Å². The molecule has 0 aromatic heterocycles. The van der Waals surface area contributed by atoms with Gasteiger partial charge in [-0.05, 0) is 25.1 Å². The van der Waals surface area contributed by atoms with E-state index in [0.717, 1.165) is 0 Å². The number of benzene rings is 1. The lowest BCUT2D eigenvalue weighted by atomic mass is 10.2. The van der Waals surface area contributed by atoms with Crippen molar-refractivity contribution in [2.24, 2.45) is 5.73 Å². The molecule has 1 aromatic rings. The first-order chi connectivity index (χ1) is 7.40. The molecule has 0 saturated heterocycles. The molecule has 86 valence electrons. The lowest BCUT2D eigenvalue weighted by Gasteiger charge is -2.10. The Labute approximate surface area is 92.3 Å². The molecule has 1 rings (SSSR count). The Balaban J connectivity index is 2.84. The van der Waals surface area contributed by atoms with E-state index < -0.39 is 18.0 Å². The minimum Gasteiger partial charge on any atom is -0.449 e. The monoisotopic (exact) mass is 223 g/mol. The molecule has 0 heterocycles. The first-order valence-electron chi connectivity index (χ1n) is 4.56. The molecule has 6 nitrogen and oxygen atoms in total. The summed E-state index contributed by atoms with van der Waals surface area (Å²) in [4.78, 5) is 22.2. The quantitative estimate of drug-likeness (QED) is 0.487. The largest absolute Gasteiger partial charge is 0.449 e. The lowest BCUT2D eigenvalue weighted by molar-refractivity contribution is -0.125. The van der Waals surface area contributed by atoms with Crippen molar-refractivity contribution in [3.63, 3.8) is 0 Å². The maximum absolute atomic E-state index is 11.5. The van der Waals surface area contributed by atoms with Crippen LogP contribution in [0.1, 0.15) is 17.3 Å². The zero-order valence-electron chi connectivity index (χ0n) is 8.77. The van der Waals surface area contributed by atoms with Crippen LogP contribution in [0.5, 0.6) is 0 Å². The number of nitrogen functional groups attached to an aromatic ring is 2. The van der Waals surface area contributed by atoms with E-state index >= 15 is 0 Å². The molecule has 0 aliphatic carbocycles. The topological polar surface area (TPSA) is 121 Å². The summed E-state index contributed by atoms with van der Waals surface area (Å²) in [6, 6.07) is 4.33. The third-order valence-corrected chi connectivity index (χ3v) is 1.90. The summed E-state index contributed by atoms with van der Waals surface area (Å²) in [5, 5.41) is 0. The number of carbonyl (C=O) groups excluding carboxylic acids is 2. The smallest absolute Gasteiger partial charge is 0.339 e. The number of amides is 1. The number of anilines is 2. The van der Waals surface area contributed by atoms with Gasteiger partial charge in [-0.25, -0.2) is 4.79 Å². The average molecular weight is 223 g/mol. The number of ether oxygens (including phenoxy) is 1. The van der Waals surface area contributed by atoms with Crippen LogP contribution in [0.4, 0.5) is 11.4 Å². The summed E-state index contributed by atoms with van der Waals surface area (Å²) in [6.45, 7) is 1.38. The highest BCUT2D eigenvalue weighted by Gasteiger charge is 2.16. The molecule has 6 heteroatoms. The molecule has 6 N–H and O–H groups in total. The maximum atomic E-state index is 11.5. The summed E-state index contributed by atoms with van der Waals surface area (Å²) < 4.78 is 4.78. The molecule has 16 heavy (non-hydrogen) atoms. The molecule has 0 fully saturated rings. The number of esters is 1. The number of rotatable bonds is 3. The van der Waals surface area contributed by atoms with E-state index in [1.807, 2.05) is 0 Å². The number of primary amides is 1. The van der Waals surface area contributed by atoms with Crippen molar-refractivity contribution in [1.29, 1.82) is 0 Å². The second-order valence-corrected chi connectivity index (χ2v) is 3.34. The minimum absolute atomic E-state index is 0.186. The summed E-state index contributed by atoms with van der Waals surface area (Å²) in [6.07, 6.45) is -0.991. The van der Waals surface area contributed by atoms with Crippen LogP contribution < -0.4 is 17.2 Å². The second kappa shape index (κ2) is 4.52.